The van der Waals surface area contributed by atoms with Crippen molar-refractivity contribution in [3.05, 3.63) is 124 Å². The van der Waals surface area contributed by atoms with Gasteiger partial charge in [0.1, 0.15) is 17.2 Å². The monoisotopic (exact) mass is 538 g/mol. The van der Waals surface area contributed by atoms with Gasteiger partial charge in [0, 0.05) is 29.7 Å². The first-order valence-corrected chi connectivity index (χ1v) is 12.8. The molecule has 0 aromatic heterocycles. The predicted molar refractivity (Wildman–Crippen MR) is 156 cm³/mol. The second-order valence-electron chi connectivity index (χ2n) is 9.76. The number of ether oxygens (including phenoxy) is 3. The van der Waals surface area contributed by atoms with E-state index in [4.69, 9.17) is 14.2 Å². The van der Waals surface area contributed by atoms with Gasteiger partial charge in [0.2, 0.25) is 0 Å². The molecular weight excluding hydrogens is 504 g/mol. The van der Waals surface area contributed by atoms with E-state index in [-0.39, 0.29) is 0 Å². The lowest BCUT2D eigenvalue weighted by molar-refractivity contribution is -0.129. The average Bonchev–Trinajstić information content (AvgIpc) is 2.90. The molecule has 0 atom stereocenters. The van der Waals surface area contributed by atoms with E-state index < -0.39 is 23.8 Å². The maximum Gasteiger partial charge on any atom is 0.335 e. The van der Waals surface area contributed by atoms with Gasteiger partial charge in [-0.05, 0) is 92.6 Å². The molecule has 0 aliphatic heterocycles. The first-order valence-electron chi connectivity index (χ1n) is 12.8. The van der Waals surface area contributed by atoms with Gasteiger partial charge in [-0.2, -0.15) is 0 Å². The zero-order valence-electron chi connectivity index (χ0n) is 23.8. The van der Waals surface area contributed by atoms with E-state index >= 15 is 0 Å². The van der Waals surface area contributed by atoms with Crippen molar-refractivity contribution in [1.82, 2.24) is 0 Å². The largest absolute Gasteiger partial charge is 0.423 e. The number of aryl methyl sites for hydroxylation is 6. The lowest BCUT2D eigenvalue weighted by atomic mass is 9.78. The highest BCUT2D eigenvalue weighted by Crippen LogP contribution is 2.44. The lowest BCUT2D eigenvalue weighted by Crippen LogP contribution is -2.14. The van der Waals surface area contributed by atoms with Gasteiger partial charge in [0.05, 0.1) is 0 Å². The molecule has 3 aromatic rings. The second-order valence-corrected chi connectivity index (χ2v) is 9.76. The van der Waals surface area contributed by atoms with Crippen molar-refractivity contribution in [3.63, 3.8) is 0 Å². The van der Waals surface area contributed by atoms with E-state index in [1.165, 1.54) is 0 Å². The molecule has 0 unspecified atom stereocenters. The van der Waals surface area contributed by atoms with E-state index in [0.717, 1.165) is 68.3 Å². The van der Waals surface area contributed by atoms with Crippen LogP contribution in [0.4, 0.5) is 0 Å². The van der Waals surface area contributed by atoms with Gasteiger partial charge in [-0.25, -0.2) is 14.4 Å². The number of hydrogen-bond donors (Lipinski definition) is 0. The van der Waals surface area contributed by atoms with Gasteiger partial charge in [0.25, 0.3) is 0 Å². The molecule has 0 heterocycles. The first-order chi connectivity index (χ1) is 18.9. The normalized spacial score (nSPS) is 10.6. The Morgan fingerprint density at radius 3 is 1.40 bits per heavy atom. The van der Waals surface area contributed by atoms with Crippen molar-refractivity contribution in [2.75, 3.05) is 0 Å². The summed E-state index contributed by atoms with van der Waals surface area (Å²) in [6.07, 6.45) is 3.37. The Morgan fingerprint density at radius 1 is 0.550 bits per heavy atom. The van der Waals surface area contributed by atoms with Gasteiger partial charge in [-0.3, -0.25) is 0 Å². The van der Waals surface area contributed by atoms with Crippen LogP contribution in [0.1, 0.15) is 56.0 Å². The number of benzene rings is 3. The summed E-state index contributed by atoms with van der Waals surface area (Å²) in [4.78, 5) is 36.3. The number of rotatable bonds is 9. The summed E-state index contributed by atoms with van der Waals surface area (Å²) in [5, 5.41) is 0. The molecule has 0 amide bonds. The van der Waals surface area contributed by atoms with Gasteiger partial charge in [-0.15, -0.1) is 0 Å². The number of carbonyl (C=O) groups excluding carboxylic acids is 3. The summed E-state index contributed by atoms with van der Waals surface area (Å²) >= 11 is 0. The maximum absolute atomic E-state index is 12.4. The molecular formula is C34H34O6. The minimum Gasteiger partial charge on any atom is -0.423 e. The Morgan fingerprint density at radius 2 is 0.975 bits per heavy atom. The predicted octanol–water partition coefficient (Wildman–Crippen LogP) is 6.99. The van der Waals surface area contributed by atoms with E-state index in [1.54, 1.807) is 0 Å². The van der Waals surface area contributed by atoms with Gasteiger partial charge < -0.3 is 14.2 Å². The zero-order chi connectivity index (χ0) is 29.7. The van der Waals surface area contributed by atoms with Gasteiger partial charge >= 0.3 is 17.9 Å². The molecule has 206 valence electrons. The Hall–Kier alpha value is -4.71. The van der Waals surface area contributed by atoms with Crippen LogP contribution in [0.15, 0.2) is 74.4 Å². The van der Waals surface area contributed by atoms with Crippen LogP contribution < -0.4 is 14.2 Å². The van der Waals surface area contributed by atoms with Crippen LogP contribution in [0.2, 0.25) is 0 Å². The fourth-order valence-electron chi connectivity index (χ4n) is 4.75. The summed E-state index contributed by atoms with van der Waals surface area (Å²) in [5.74, 6) is -0.736. The fourth-order valence-corrected chi connectivity index (χ4v) is 4.75. The first kappa shape index (κ1) is 29.8. The smallest absolute Gasteiger partial charge is 0.335 e. The highest BCUT2D eigenvalue weighted by atomic mass is 16.5. The molecule has 3 aromatic carbocycles. The molecule has 6 nitrogen and oxygen atoms in total. The molecule has 0 bridgehead atoms. The lowest BCUT2D eigenvalue weighted by Gasteiger charge is -2.27. The molecule has 0 aliphatic rings. The van der Waals surface area contributed by atoms with Crippen molar-refractivity contribution < 1.29 is 28.6 Å². The summed E-state index contributed by atoms with van der Waals surface area (Å²) in [5.41, 5.74) is 7.65. The number of hydrogen-bond acceptors (Lipinski definition) is 6. The second kappa shape index (κ2) is 12.4. The number of esters is 3. The Bertz CT molecular complexity index is 1470. The van der Waals surface area contributed by atoms with Crippen LogP contribution in [-0.4, -0.2) is 17.9 Å². The highest BCUT2D eigenvalue weighted by molar-refractivity contribution is 5.85. The molecule has 0 aliphatic carbocycles. The van der Waals surface area contributed by atoms with E-state index in [0.29, 0.717) is 17.2 Å². The van der Waals surface area contributed by atoms with Crippen LogP contribution >= 0.6 is 0 Å². The Labute approximate surface area is 235 Å². The van der Waals surface area contributed by atoms with Crippen molar-refractivity contribution in [2.24, 2.45) is 0 Å². The summed E-state index contributed by atoms with van der Waals surface area (Å²) in [6, 6.07) is 11.5. The summed E-state index contributed by atoms with van der Waals surface area (Å²) in [6.45, 7) is 22.0. The van der Waals surface area contributed by atoms with E-state index in [1.807, 2.05) is 77.9 Å². The van der Waals surface area contributed by atoms with Gasteiger partial charge in [-0.1, -0.05) is 49.6 Å². The molecule has 0 radical (unpaired) electrons. The third-order valence-corrected chi connectivity index (χ3v) is 6.63. The molecule has 0 saturated heterocycles. The Balaban J connectivity index is 2.38. The Kier molecular flexibility index (Phi) is 9.27. The minimum atomic E-state index is -0.564. The molecule has 0 saturated carbocycles. The van der Waals surface area contributed by atoms with Crippen molar-refractivity contribution in [1.29, 1.82) is 0 Å². The van der Waals surface area contributed by atoms with Crippen LogP contribution in [0.3, 0.4) is 0 Å². The van der Waals surface area contributed by atoms with Crippen molar-refractivity contribution in [3.8, 4) is 17.2 Å². The van der Waals surface area contributed by atoms with Crippen molar-refractivity contribution in [2.45, 2.75) is 47.5 Å². The standard InChI is InChI=1S/C34H34O6/c1-10-30(35)38-28-17-20(5)25(15-22(28)7)33(26-16-23(8)29(18-21(26)6)39-31(36)11-2)27-14-19(4)13-24(9)34(27)40-32(37)12-3/h10-18,33H,1-3H2,4-9H3. The zero-order valence-corrected chi connectivity index (χ0v) is 23.8. The topological polar surface area (TPSA) is 78.9 Å². The third kappa shape index (κ3) is 6.46. The quantitative estimate of drug-likeness (QED) is 0.126. The fraction of sp³-hybridized carbons (Fsp3) is 0.206. The van der Waals surface area contributed by atoms with Gasteiger partial charge in [0.15, 0.2) is 0 Å². The summed E-state index contributed by atoms with van der Waals surface area (Å²) in [7, 11) is 0. The minimum absolute atomic E-state index is 0.392. The molecule has 0 N–H and O–H groups in total. The van der Waals surface area contributed by atoms with Crippen LogP contribution in [0.25, 0.3) is 0 Å². The average molecular weight is 539 g/mol. The molecule has 3 rings (SSSR count). The van der Waals surface area contributed by atoms with E-state index in [2.05, 4.69) is 19.7 Å². The third-order valence-electron chi connectivity index (χ3n) is 6.63. The number of carbonyl (C=O) groups is 3. The van der Waals surface area contributed by atoms with Crippen LogP contribution in [0, 0.1) is 41.5 Å². The summed E-state index contributed by atoms with van der Waals surface area (Å²) < 4.78 is 16.7. The molecule has 40 heavy (non-hydrogen) atoms. The van der Waals surface area contributed by atoms with Crippen molar-refractivity contribution >= 4 is 17.9 Å². The van der Waals surface area contributed by atoms with E-state index in [9.17, 15) is 14.4 Å². The molecule has 0 spiro atoms. The van der Waals surface area contributed by atoms with Crippen LogP contribution in [0.5, 0.6) is 17.2 Å². The molecule has 6 heteroatoms. The maximum atomic E-state index is 12.4. The van der Waals surface area contributed by atoms with Crippen LogP contribution in [-0.2, 0) is 14.4 Å². The SMILES string of the molecule is C=CC(=O)Oc1cc(C)c(C(c2cc(C)c(OC(=O)C=C)cc2C)c2cc(C)cc(C)c2OC(=O)C=C)cc1C. The highest BCUT2D eigenvalue weighted by Gasteiger charge is 2.28. The molecule has 0 fully saturated rings.